The van der Waals surface area contributed by atoms with Crippen molar-refractivity contribution >= 4 is 27.1 Å². The lowest BCUT2D eigenvalue weighted by Gasteiger charge is -2.33. The van der Waals surface area contributed by atoms with Crippen molar-refractivity contribution in [2.24, 2.45) is 0 Å². The fraction of sp³-hybridized carbons (Fsp3) is 0.421. The quantitative estimate of drug-likeness (QED) is 0.656. The number of halogens is 2. The average Bonchev–Trinajstić information content (AvgIpc) is 3.21. The van der Waals surface area contributed by atoms with Crippen LogP contribution in [0.4, 0.5) is 10.1 Å². The molecule has 0 spiro atoms. The minimum Gasteiger partial charge on any atom is -0.497 e. The Morgan fingerprint density at radius 1 is 1.31 bits per heavy atom. The lowest BCUT2D eigenvalue weighted by atomic mass is 10.2. The largest absolute Gasteiger partial charge is 0.497 e. The van der Waals surface area contributed by atoms with Crippen molar-refractivity contribution < 1.29 is 27.0 Å². The van der Waals surface area contributed by atoms with Crippen molar-refractivity contribution in [3.05, 3.63) is 35.2 Å². The summed E-state index contributed by atoms with van der Waals surface area (Å²) in [7, 11) is -2.24. The number of pyridine rings is 1. The topological polar surface area (TPSA) is 78.0 Å². The third-order valence-corrected chi connectivity index (χ3v) is 7.17. The summed E-state index contributed by atoms with van der Waals surface area (Å²) in [6.45, 7) is 1.34. The Labute approximate surface area is 173 Å². The van der Waals surface area contributed by atoms with Crippen LogP contribution in [0, 0.1) is 5.95 Å². The highest BCUT2D eigenvalue weighted by molar-refractivity contribution is 7.91. The molecule has 4 rings (SSSR count). The number of ether oxygens (including phenoxy) is 3. The normalized spacial score (nSPS) is 20.4. The molecule has 0 radical (unpaired) electrons. The molecule has 0 bridgehead atoms. The van der Waals surface area contributed by atoms with Gasteiger partial charge in [-0.15, -0.1) is 0 Å². The molecule has 0 aliphatic carbocycles. The van der Waals surface area contributed by atoms with E-state index in [1.165, 1.54) is 7.11 Å². The van der Waals surface area contributed by atoms with E-state index in [2.05, 4.69) is 4.98 Å². The molecular formula is C19H20ClFN2O5S. The van der Waals surface area contributed by atoms with Gasteiger partial charge in [0.2, 0.25) is 11.8 Å². The monoisotopic (exact) mass is 442 g/mol. The van der Waals surface area contributed by atoms with Gasteiger partial charge in [-0.05, 0) is 37.1 Å². The zero-order chi connectivity index (χ0) is 20.6. The fourth-order valence-corrected chi connectivity index (χ4v) is 5.55. The Morgan fingerprint density at radius 2 is 2.03 bits per heavy atom. The second-order valence-electron chi connectivity index (χ2n) is 6.88. The Morgan fingerprint density at radius 3 is 2.69 bits per heavy atom. The molecule has 2 aliphatic rings. The van der Waals surface area contributed by atoms with E-state index in [-0.39, 0.29) is 34.9 Å². The predicted molar refractivity (Wildman–Crippen MR) is 106 cm³/mol. The maximum Gasteiger partial charge on any atom is 0.247 e. The summed E-state index contributed by atoms with van der Waals surface area (Å²) in [5, 5.41) is -0.515. The maximum absolute atomic E-state index is 14.4. The van der Waals surface area contributed by atoms with Crippen molar-refractivity contribution in [3.8, 4) is 17.4 Å². The van der Waals surface area contributed by atoms with Gasteiger partial charge < -0.3 is 19.1 Å². The van der Waals surface area contributed by atoms with Crippen LogP contribution in [0.25, 0.3) is 0 Å². The van der Waals surface area contributed by atoms with E-state index in [9.17, 15) is 12.8 Å². The summed E-state index contributed by atoms with van der Waals surface area (Å²) in [6.07, 6.45) is 1.78. The molecule has 29 heavy (non-hydrogen) atoms. The van der Waals surface area contributed by atoms with Gasteiger partial charge in [0.05, 0.1) is 19.0 Å². The number of methoxy groups -OCH3 is 1. The summed E-state index contributed by atoms with van der Waals surface area (Å²) in [5.74, 6) is -0.415. The van der Waals surface area contributed by atoms with Crippen LogP contribution in [0.15, 0.2) is 29.2 Å². The van der Waals surface area contributed by atoms with Gasteiger partial charge in [0.1, 0.15) is 27.1 Å². The van der Waals surface area contributed by atoms with E-state index in [0.717, 1.165) is 12.8 Å². The van der Waals surface area contributed by atoms with Gasteiger partial charge in [-0.1, -0.05) is 11.6 Å². The van der Waals surface area contributed by atoms with Gasteiger partial charge in [0.25, 0.3) is 0 Å². The first-order chi connectivity index (χ1) is 13.9. The summed E-state index contributed by atoms with van der Waals surface area (Å²) < 4.78 is 56.4. The van der Waals surface area contributed by atoms with Crippen LogP contribution in [0.2, 0.25) is 5.02 Å². The first-order valence-electron chi connectivity index (χ1n) is 9.19. The van der Waals surface area contributed by atoms with Crippen molar-refractivity contribution in [1.82, 2.24) is 4.98 Å². The average molecular weight is 443 g/mol. The zero-order valence-electron chi connectivity index (χ0n) is 15.7. The molecule has 0 N–H and O–H groups in total. The van der Waals surface area contributed by atoms with Gasteiger partial charge in [-0.2, -0.15) is 9.37 Å². The predicted octanol–water partition coefficient (Wildman–Crippen LogP) is 3.45. The standard InChI is InChI=1S/C19H20ClFN2O5S/c1-26-12-4-6-13(7-5-12)28-19-16-17(15(20)18(21)22-19)29(24,25)10-8-23(16)11-14-3-2-9-27-14/h4-7,14H,2-3,8-11H2,1H3. The van der Waals surface area contributed by atoms with Crippen LogP contribution in [0.3, 0.4) is 0 Å². The lowest BCUT2D eigenvalue weighted by molar-refractivity contribution is 0.115. The van der Waals surface area contributed by atoms with Crippen LogP contribution in [0.5, 0.6) is 17.4 Å². The van der Waals surface area contributed by atoms with Gasteiger partial charge in [-0.3, -0.25) is 0 Å². The molecular weight excluding hydrogens is 423 g/mol. The van der Waals surface area contributed by atoms with Gasteiger partial charge in [0, 0.05) is 19.7 Å². The number of benzene rings is 1. The van der Waals surface area contributed by atoms with Crippen LogP contribution in [-0.4, -0.2) is 52.1 Å². The van der Waals surface area contributed by atoms with Gasteiger partial charge in [0.15, 0.2) is 9.84 Å². The second kappa shape index (κ2) is 7.97. The van der Waals surface area contributed by atoms with Crippen molar-refractivity contribution in [3.63, 3.8) is 0 Å². The number of rotatable bonds is 5. The van der Waals surface area contributed by atoms with Gasteiger partial charge in [-0.25, -0.2) is 8.42 Å². The minimum atomic E-state index is -3.78. The number of hydrogen-bond donors (Lipinski definition) is 0. The van der Waals surface area contributed by atoms with Crippen LogP contribution in [-0.2, 0) is 14.6 Å². The first-order valence-corrected chi connectivity index (χ1v) is 11.2. The van der Waals surface area contributed by atoms with E-state index in [1.807, 2.05) is 4.90 Å². The van der Waals surface area contributed by atoms with E-state index in [0.29, 0.717) is 24.7 Å². The van der Waals surface area contributed by atoms with Gasteiger partial charge >= 0.3 is 0 Å². The molecule has 1 aromatic heterocycles. The molecule has 10 heteroatoms. The van der Waals surface area contributed by atoms with Crippen molar-refractivity contribution in [2.75, 3.05) is 37.5 Å². The third-order valence-electron chi connectivity index (χ3n) is 4.98. The van der Waals surface area contributed by atoms with E-state index >= 15 is 0 Å². The Hall–Kier alpha value is -2.10. The molecule has 2 aromatic rings. The van der Waals surface area contributed by atoms with E-state index in [1.54, 1.807) is 24.3 Å². The summed E-state index contributed by atoms with van der Waals surface area (Å²) in [6, 6.07) is 6.60. The van der Waals surface area contributed by atoms with Crippen LogP contribution in [0.1, 0.15) is 12.8 Å². The Kier molecular flexibility index (Phi) is 5.54. The first kappa shape index (κ1) is 20.2. The summed E-state index contributed by atoms with van der Waals surface area (Å²) >= 11 is 6.05. The molecule has 2 aliphatic heterocycles. The number of anilines is 1. The van der Waals surface area contributed by atoms with E-state index in [4.69, 9.17) is 25.8 Å². The molecule has 1 saturated heterocycles. The lowest BCUT2D eigenvalue weighted by Crippen LogP contribution is -2.40. The number of sulfone groups is 1. The Bertz CT molecular complexity index is 1010. The molecule has 1 aromatic carbocycles. The highest BCUT2D eigenvalue weighted by atomic mass is 35.5. The molecule has 3 heterocycles. The summed E-state index contributed by atoms with van der Waals surface area (Å²) in [4.78, 5) is 5.35. The number of hydrogen-bond acceptors (Lipinski definition) is 7. The molecule has 1 atom stereocenters. The highest BCUT2D eigenvalue weighted by Crippen LogP contribution is 2.44. The fourth-order valence-electron chi connectivity index (χ4n) is 3.54. The SMILES string of the molecule is COc1ccc(Oc2nc(F)c(Cl)c3c2N(CC2CCCO2)CCS3(=O)=O)cc1. The van der Waals surface area contributed by atoms with E-state index < -0.39 is 20.8 Å². The van der Waals surface area contributed by atoms with Crippen molar-refractivity contribution in [2.45, 2.75) is 23.8 Å². The maximum atomic E-state index is 14.4. The summed E-state index contributed by atoms with van der Waals surface area (Å²) in [5.41, 5.74) is 0.175. The number of nitrogens with zero attached hydrogens (tertiary/aromatic N) is 2. The molecule has 7 nitrogen and oxygen atoms in total. The molecule has 0 saturated carbocycles. The zero-order valence-corrected chi connectivity index (χ0v) is 17.3. The molecule has 156 valence electrons. The number of fused-ring (bicyclic) bond motifs is 1. The van der Waals surface area contributed by atoms with Crippen LogP contribution < -0.4 is 14.4 Å². The Balaban J connectivity index is 1.78. The third kappa shape index (κ3) is 3.99. The smallest absolute Gasteiger partial charge is 0.247 e. The second-order valence-corrected chi connectivity index (χ2v) is 9.30. The minimum absolute atomic E-state index is 0.0404. The van der Waals surface area contributed by atoms with Crippen LogP contribution >= 0.6 is 11.6 Å². The van der Waals surface area contributed by atoms with Crippen molar-refractivity contribution in [1.29, 1.82) is 0 Å². The molecule has 0 amide bonds. The molecule has 1 unspecified atom stereocenters. The molecule has 1 fully saturated rings. The highest BCUT2D eigenvalue weighted by Gasteiger charge is 2.38. The number of aromatic nitrogens is 1.